The number of nitrogens with zero attached hydrogens (tertiary/aromatic N) is 2. The van der Waals surface area contributed by atoms with Crippen molar-refractivity contribution in [3.8, 4) is 5.75 Å². The molecule has 2 saturated heterocycles. The van der Waals surface area contributed by atoms with Gasteiger partial charge in [-0.05, 0) is 37.1 Å². The van der Waals surface area contributed by atoms with Gasteiger partial charge in [-0.25, -0.2) is 4.79 Å². The maximum Gasteiger partial charge on any atom is 0.418 e. The molecule has 3 heterocycles. The molecule has 0 spiro atoms. The van der Waals surface area contributed by atoms with E-state index >= 15 is 0 Å². The zero-order valence-electron chi connectivity index (χ0n) is 15.0. The largest absolute Gasteiger partial charge is 0.490 e. The van der Waals surface area contributed by atoms with Crippen LogP contribution in [0.15, 0.2) is 48.8 Å². The number of piperidine rings is 1. The molecule has 2 atom stereocenters. The molecule has 1 aromatic heterocycles. The Morgan fingerprint density at radius 2 is 1.71 bits per heavy atom. The van der Waals surface area contributed by atoms with Crippen LogP contribution in [0.1, 0.15) is 31.2 Å². The highest BCUT2D eigenvalue weighted by atomic mass is 19.4. The van der Waals surface area contributed by atoms with Crippen LogP contribution in [0.4, 0.5) is 23.7 Å². The topological polar surface area (TPSA) is 54.5 Å². The zero-order chi connectivity index (χ0) is 19.7. The van der Waals surface area contributed by atoms with E-state index in [1.54, 1.807) is 29.4 Å². The number of amides is 2. The number of fused-ring (bicyclic) bond motifs is 2. The van der Waals surface area contributed by atoms with E-state index < -0.39 is 17.8 Å². The first-order valence-corrected chi connectivity index (χ1v) is 9.24. The average molecular weight is 391 g/mol. The number of anilines is 1. The van der Waals surface area contributed by atoms with Gasteiger partial charge in [-0.1, -0.05) is 12.1 Å². The van der Waals surface area contributed by atoms with Crippen LogP contribution in [-0.4, -0.2) is 34.1 Å². The third-order valence-electron chi connectivity index (χ3n) is 5.35. The molecule has 2 aliphatic rings. The van der Waals surface area contributed by atoms with Crippen molar-refractivity contribution in [3.63, 3.8) is 0 Å². The lowest BCUT2D eigenvalue weighted by Gasteiger charge is -2.38. The van der Waals surface area contributed by atoms with Gasteiger partial charge in [0.25, 0.3) is 0 Å². The molecule has 2 bridgehead atoms. The number of para-hydroxylation sites is 1. The van der Waals surface area contributed by atoms with Gasteiger partial charge in [0.15, 0.2) is 0 Å². The number of pyridine rings is 1. The van der Waals surface area contributed by atoms with Crippen LogP contribution in [-0.2, 0) is 6.18 Å². The third kappa shape index (κ3) is 3.76. The molecule has 0 radical (unpaired) electrons. The number of alkyl halides is 3. The molecule has 2 aliphatic heterocycles. The fourth-order valence-corrected chi connectivity index (χ4v) is 4.18. The van der Waals surface area contributed by atoms with E-state index in [4.69, 9.17) is 4.74 Å². The Morgan fingerprint density at radius 3 is 2.36 bits per heavy atom. The summed E-state index contributed by atoms with van der Waals surface area (Å²) in [6.45, 7) is 0. The third-order valence-corrected chi connectivity index (χ3v) is 5.35. The molecule has 0 saturated carbocycles. The molecule has 2 fully saturated rings. The van der Waals surface area contributed by atoms with E-state index in [9.17, 15) is 18.0 Å². The van der Waals surface area contributed by atoms with Crippen molar-refractivity contribution < 1.29 is 22.7 Å². The van der Waals surface area contributed by atoms with Gasteiger partial charge in [0.1, 0.15) is 11.9 Å². The van der Waals surface area contributed by atoms with Crippen LogP contribution < -0.4 is 10.1 Å². The summed E-state index contributed by atoms with van der Waals surface area (Å²) in [6, 6.07) is 8.06. The van der Waals surface area contributed by atoms with Crippen molar-refractivity contribution in [2.24, 2.45) is 0 Å². The average Bonchev–Trinajstić information content (AvgIpc) is 2.93. The Balaban J connectivity index is 1.45. The van der Waals surface area contributed by atoms with Crippen molar-refractivity contribution in [2.45, 2.75) is 50.0 Å². The summed E-state index contributed by atoms with van der Waals surface area (Å²) in [7, 11) is 0. The number of hydrogen-bond donors (Lipinski definition) is 1. The van der Waals surface area contributed by atoms with E-state index in [0.717, 1.165) is 24.7 Å². The van der Waals surface area contributed by atoms with E-state index in [1.807, 2.05) is 0 Å². The second-order valence-corrected chi connectivity index (χ2v) is 7.16. The number of halogens is 3. The fraction of sp³-hybridized carbons (Fsp3) is 0.400. The number of carbonyl (C=O) groups is 1. The van der Waals surface area contributed by atoms with Crippen molar-refractivity contribution in [3.05, 3.63) is 54.4 Å². The fourth-order valence-electron chi connectivity index (χ4n) is 4.18. The number of rotatable bonds is 3. The highest BCUT2D eigenvalue weighted by Crippen LogP contribution is 2.39. The Kier molecular flexibility index (Phi) is 4.87. The predicted molar refractivity (Wildman–Crippen MR) is 97.0 cm³/mol. The van der Waals surface area contributed by atoms with E-state index in [0.29, 0.717) is 12.8 Å². The monoisotopic (exact) mass is 391 g/mol. The number of aromatic nitrogens is 1. The Hall–Kier alpha value is -2.77. The summed E-state index contributed by atoms with van der Waals surface area (Å²) in [6.07, 6.45) is 1.75. The Labute approximate surface area is 160 Å². The van der Waals surface area contributed by atoms with E-state index in [1.165, 1.54) is 18.2 Å². The molecule has 1 aromatic carbocycles. The van der Waals surface area contributed by atoms with Crippen LogP contribution in [0.2, 0.25) is 0 Å². The standard InChI is InChI=1S/C20H20F3N3O2/c21-20(22,23)17-3-1-2-4-18(17)25-19(27)26-13-5-6-14(26)12-16(11-13)28-15-7-9-24-10-8-15/h1-4,7-10,13-14,16H,5-6,11-12H2,(H,25,27). The van der Waals surface area contributed by atoms with Gasteiger partial charge < -0.3 is 15.0 Å². The highest BCUT2D eigenvalue weighted by molar-refractivity contribution is 5.91. The molecular formula is C20H20F3N3O2. The first-order chi connectivity index (χ1) is 13.4. The van der Waals surface area contributed by atoms with Crippen molar-refractivity contribution in [2.75, 3.05) is 5.32 Å². The Bertz CT molecular complexity index is 830. The highest BCUT2D eigenvalue weighted by Gasteiger charge is 2.44. The number of ether oxygens (including phenoxy) is 1. The second kappa shape index (κ2) is 7.33. The van der Waals surface area contributed by atoms with E-state index in [2.05, 4.69) is 10.3 Å². The normalized spacial score (nSPS) is 24.1. The lowest BCUT2D eigenvalue weighted by atomic mass is 10.00. The van der Waals surface area contributed by atoms with Gasteiger partial charge in [-0.15, -0.1) is 0 Å². The van der Waals surface area contributed by atoms with Gasteiger partial charge >= 0.3 is 12.2 Å². The first-order valence-electron chi connectivity index (χ1n) is 9.24. The summed E-state index contributed by atoms with van der Waals surface area (Å²) in [5, 5.41) is 2.47. The number of urea groups is 1. The lowest BCUT2D eigenvalue weighted by molar-refractivity contribution is -0.136. The quantitative estimate of drug-likeness (QED) is 0.825. The van der Waals surface area contributed by atoms with Gasteiger partial charge in [-0.3, -0.25) is 4.98 Å². The molecule has 1 N–H and O–H groups in total. The summed E-state index contributed by atoms with van der Waals surface area (Å²) in [5.41, 5.74) is -1.05. The minimum Gasteiger partial charge on any atom is -0.490 e. The maximum absolute atomic E-state index is 13.2. The van der Waals surface area contributed by atoms with Crippen LogP contribution in [0.3, 0.4) is 0 Å². The van der Waals surface area contributed by atoms with Crippen LogP contribution in [0.25, 0.3) is 0 Å². The number of nitrogens with one attached hydrogen (secondary N) is 1. The van der Waals surface area contributed by atoms with Crippen LogP contribution >= 0.6 is 0 Å². The number of carbonyl (C=O) groups excluding carboxylic acids is 1. The molecule has 8 heteroatoms. The molecule has 4 rings (SSSR count). The van der Waals surface area contributed by atoms with Crippen LogP contribution in [0.5, 0.6) is 5.75 Å². The van der Waals surface area contributed by atoms with Crippen molar-refractivity contribution in [1.29, 1.82) is 0 Å². The molecule has 148 valence electrons. The minimum absolute atomic E-state index is 0.0218. The molecule has 2 amide bonds. The zero-order valence-corrected chi connectivity index (χ0v) is 15.0. The van der Waals surface area contributed by atoms with E-state index in [-0.39, 0.29) is 23.9 Å². The van der Waals surface area contributed by atoms with Gasteiger partial charge in [-0.2, -0.15) is 13.2 Å². The molecule has 5 nitrogen and oxygen atoms in total. The summed E-state index contributed by atoms with van der Waals surface area (Å²) < 4.78 is 45.5. The molecule has 0 aliphatic carbocycles. The van der Waals surface area contributed by atoms with Gasteiger partial charge in [0.2, 0.25) is 0 Å². The summed E-state index contributed by atoms with van der Waals surface area (Å²) in [5.74, 6) is 0.733. The molecule has 2 aromatic rings. The Morgan fingerprint density at radius 1 is 1.07 bits per heavy atom. The molecule has 28 heavy (non-hydrogen) atoms. The summed E-state index contributed by atoms with van der Waals surface area (Å²) >= 11 is 0. The SMILES string of the molecule is O=C(Nc1ccccc1C(F)(F)F)N1C2CCC1CC(Oc1ccncc1)C2. The predicted octanol–water partition coefficient (Wildman–Crippen LogP) is 4.71. The van der Waals surface area contributed by atoms with Crippen LogP contribution in [0, 0.1) is 0 Å². The lowest BCUT2D eigenvalue weighted by Crippen LogP contribution is -2.50. The molecule has 2 unspecified atom stereocenters. The van der Waals surface area contributed by atoms with Gasteiger partial charge in [0, 0.05) is 37.3 Å². The van der Waals surface area contributed by atoms with Crippen molar-refractivity contribution >= 4 is 11.7 Å². The maximum atomic E-state index is 13.2. The number of hydrogen-bond acceptors (Lipinski definition) is 3. The molecular weight excluding hydrogens is 371 g/mol. The van der Waals surface area contributed by atoms with Gasteiger partial charge in [0.05, 0.1) is 11.3 Å². The first kappa shape index (κ1) is 18.6. The smallest absolute Gasteiger partial charge is 0.418 e. The second-order valence-electron chi connectivity index (χ2n) is 7.16. The minimum atomic E-state index is -4.52. The number of benzene rings is 1. The summed E-state index contributed by atoms with van der Waals surface area (Å²) in [4.78, 5) is 18.4. The van der Waals surface area contributed by atoms with Crippen molar-refractivity contribution in [1.82, 2.24) is 9.88 Å².